The van der Waals surface area contributed by atoms with Crippen molar-refractivity contribution >= 4 is 11.4 Å². The SMILES string of the molecule is CC(Nc1ccc(N2CCCCC2)cc1)C1CCCC1. The molecule has 110 valence electrons. The third kappa shape index (κ3) is 3.28. The highest BCUT2D eigenvalue weighted by atomic mass is 15.1. The van der Waals surface area contributed by atoms with Gasteiger partial charge in [0.15, 0.2) is 0 Å². The van der Waals surface area contributed by atoms with Gasteiger partial charge in [0.25, 0.3) is 0 Å². The fraction of sp³-hybridized carbons (Fsp3) is 0.667. The number of benzene rings is 1. The van der Waals surface area contributed by atoms with Gasteiger partial charge in [-0.05, 0) is 69.2 Å². The lowest BCUT2D eigenvalue weighted by molar-refractivity contribution is 0.482. The number of piperidine rings is 1. The fourth-order valence-electron chi connectivity index (χ4n) is 3.76. The van der Waals surface area contributed by atoms with E-state index in [9.17, 15) is 0 Å². The molecule has 0 amide bonds. The first-order valence-electron chi connectivity index (χ1n) is 8.44. The maximum absolute atomic E-state index is 3.70. The Morgan fingerprint density at radius 1 is 0.950 bits per heavy atom. The number of nitrogens with one attached hydrogen (secondary N) is 1. The minimum Gasteiger partial charge on any atom is -0.382 e. The average molecular weight is 272 g/mol. The van der Waals surface area contributed by atoms with E-state index in [1.54, 1.807) is 0 Å². The molecule has 1 saturated heterocycles. The second-order valence-electron chi connectivity index (χ2n) is 6.57. The van der Waals surface area contributed by atoms with Crippen LogP contribution in [0.4, 0.5) is 11.4 Å². The van der Waals surface area contributed by atoms with Crippen molar-refractivity contribution in [1.29, 1.82) is 0 Å². The van der Waals surface area contributed by atoms with E-state index in [-0.39, 0.29) is 0 Å². The number of hydrogen-bond acceptors (Lipinski definition) is 2. The molecule has 1 N–H and O–H groups in total. The Bertz CT molecular complexity index is 400. The summed E-state index contributed by atoms with van der Waals surface area (Å²) in [5.74, 6) is 0.872. The molecule has 0 bridgehead atoms. The first-order valence-corrected chi connectivity index (χ1v) is 8.44. The summed E-state index contributed by atoms with van der Waals surface area (Å²) >= 11 is 0. The molecule has 2 aliphatic rings. The third-order valence-corrected chi connectivity index (χ3v) is 5.09. The fourth-order valence-corrected chi connectivity index (χ4v) is 3.76. The van der Waals surface area contributed by atoms with Crippen molar-refractivity contribution in [2.75, 3.05) is 23.3 Å². The van der Waals surface area contributed by atoms with E-state index in [0.29, 0.717) is 6.04 Å². The molecule has 2 heteroatoms. The molecule has 2 nitrogen and oxygen atoms in total. The third-order valence-electron chi connectivity index (χ3n) is 5.09. The van der Waals surface area contributed by atoms with Crippen molar-refractivity contribution in [3.8, 4) is 0 Å². The van der Waals surface area contributed by atoms with E-state index >= 15 is 0 Å². The molecular formula is C18H28N2. The van der Waals surface area contributed by atoms with Crippen LogP contribution < -0.4 is 10.2 Å². The van der Waals surface area contributed by atoms with E-state index in [4.69, 9.17) is 0 Å². The molecule has 2 fully saturated rings. The van der Waals surface area contributed by atoms with E-state index in [1.165, 1.54) is 69.4 Å². The molecule has 1 aromatic rings. The van der Waals surface area contributed by atoms with Gasteiger partial charge >= 0.3 is 0 Å². The van der Waals surface area contributed by atoms with Crippen LogP contribution in [0, 0.1) is 5.92 Å². The smallest absolute Gasteiger partial charge is 0.0367 e. The molecule has 0 spiro atoms. The molecule has 0 aromatic heterocycles. The Morgan fingerprint density at radius 3 is 2.25 bits per heavy atom. The van der Waals surface area contributed by atoms with Crippen molar-refractivity contribution < 1.29 is 0 Å². The molecule has 1 aliphatic carbocycles. The van der Waals surface area contributed by atoms with E-state index in [2.05, 4.69) is 41.4 Å². The van der Waals surface area contributed by atoms with Gasteiger partial charge in [-0.3, -0.25) is 0 Å². The Balaban J connectivity index is 1.57. The monoisotopic (exact) mass is 272 g/mol. The summed E-state index contributed by atoms with van der Waals surface area (Å²) in [7, 11) is 0. The largest absolute Gasteiger partial charge is 0.382 e. The highest BCUT2D eigenvalue weighted by molar-refractivity contribution is 5.55. The minimum absolute atomic E-state index is 0.610. The van der Waals surface area contributed by atoms with Crippen LogP contribution in [0.5, 0.6) is 0 Å². The first kappa shape index (κ1) is 13.8. The molecule has 20 heavy (non-hydrogen) atoms. The van der Waals surface area contributed by atoms with Crippen molar-refractivity contribution in [3.63, 3.8) is 0 Å². The van der Waals surface area contributed by atoms with Gasteiger partial charge in [-0.25, -0.2) is 0 Å². The maximum atomic E-state index is 3.70. The van der Waals surface area contributed by atoms with Gasteiger partial charge < -0.3 is 10.2 Å². The summed E-state index contributed by atoms with van der Waals surface area (Å²) in [6.07, 6.45) is 9.74. The van der Waals surface area contributed by atoms with Crippen LogP contribution in [0.15, 0.2) is 24.3 Å². The van der Waals surface area contributed by atoms with Gasteiger partial charge in [0.05, 0.1) is 0 Å². The zero-order chi connectivity index (χ0) is 13.8. The average Bonchev–Trinajstić information content (AvgIpc) is 3.03. The van der Waals surface area contributed by atoms with Gasteiger partial charge in [0.2, 0.25) is 0 Å². The van der Waals surface area contributed by atoms with Crippen LogP contribution >= 0.6 is 0 Å². The van der Waals surface area contributed by atoms with Crippen molar-refractivity contribution in [2.24, 2.45) is 5.92 Å². The van der Waals surface area contributed by atoms with E-state index in [0.717, 1.165) is 5.92 Å². The normalized spacial score (nSPS) is 21.9. The molecule has 1 atom stereocenters. The number of nitrogens with zero attached hydrogens (tertiary/aromatic N) is 1. The van der Waals surface area contributed by atoms with Crippen LogP contribution in [0.1, 0.15) is 51.9 Å². The van der Waals surface area contributed by atoms with Crippen LogP contribution in [0.2, 0.25) is 0 Å². The van der Waals surface area contributed by atoms with E-state index in [1.807, 2.05) is 0 Å². The van der Waals surface area contributed by atoms with Crippen LogP contribution in [0.3, 0.4) is 0 Å². The second-order valence-corrected chi connectivity index (χ2v) is 6.57. The zero-order valence-corrected chi connectivity index (χ0v) is 12.8. The molecule has 0 radical (unpaired) electrons. The lowest BCUT2D eigenvalue weighted by atomic mass is 9.99. The minimum atomic E-state index is 0.610. The van der Waals surface area contributed by atoms with Crippen LogP contribution in [0.25, 0.3) is 0 Å². The van der Waals surface area contributed by atoms with Crippen molar-refractivity contribution in [2.45, 2.75) is 57.9 Å². The first-order chi connectivity index (χ1) is 9.83. The molecule has 1 aromatic carbocycles. The Morgan fingerprint density at radius 2 is 1.60 bits per heavy atom. The Kier molecular flexibility index (Phi) is 4.49. The van der Waals surface area contributed by atoms with Gasteiger partial charge in [-0.2, -0.15) is 0 Å². The molecular weight excluding hydrogens is 244 g/mol. The van der Waals surface area contributed by atoms with E-state index < -0.39 is 0 Å². The van der Waals surface area contributed by atoms with Gasteiger partial charge in [0, 0.05) is 30.5 Å². The predicted octanol–water partition coefficient (Wildman–Crippen LogP) is 4.67. The molecule has 3 rings (SSSR count). The quantitative estimate of drug-likeness (QED) is 0.857. The molecule has 1 aliphatic heterocycles. The lowest BCUT2D eigenvalue weighted by Crippen LogP contribution is -2.29. The highest BCUT2D eigenvalue weighted by Gasteiger charge is 2.21. The molecule has 1 heterocycles. The summed E-state index contributed by atoms with van der Waals surface area (Å²) in [5.41, 5.74) is 2.67. The van der Waals surface area contributed by atoms with Gasteiger partial charge in [-0.15, -0.1) is 0 Å². The van der Waals surface area contributed by atoms with Crippen molar-refractivity contribution in [1.82, 2.24) is 0 Å². The Labute approximate surface area is 123 Å². The molecule has 1 unspecified atom stereocenters. The molecule has 1 saturated carbocycles. The van der Waals surface area contributed by atoms with Gasteiger partial charge in [-0.1, -0.05) is 12.8 Å². The standard InChI is InChI=1S/C18H28N2/c1-15(16-7-3-4-8-16)19-17-9-11-18(12-10-17)20-13-5-2-6-14-20/h9-12,15-16,19H,2-8,13-14H2,1H3. The second kappa shape index (κ2) is 6.51. The topological polar surface area (TPSA) is 15.3 Å². The maximum Gasteiger partial charge on any atom is 0.0367 e. The van der Waals surface area contributed by atoms with Gasteiger partial charge in [0.1, 0.15) is 0 Å². The lowest BCUT2D eigenvalue weighted by Gasteiger charge is -2.29. The Hall–Kier alpha value is -1.18. The summed E-state index contributed by atoms with van der Waals surface area (Å²) in [6, 6.07) is 9.70. The highest BCUT2D eigenvalue weighted by Crippen LogP contribution is 2.29. The number of rotatable bonds is 4. The summed E-state index contributed by atoms with van der Waals surface area (Å²) in [4.78, 5) is 2.52. The van der Waals surface area contributed by atoms with Crippen molar-refractivity contribution in [3.05, 3.63) is 24.3 Å². The van der Waals surface area contributed by atoms with Crippen LogP contribution in [-0.2, 0) is 0 Å². The zero-order valence-electron chi connectivity index (χ0n) is 12.8. The summed E-state index contributed by atoms with van der Waals surface area (Å²) < 4.78 is 0. The van der Waals surface area contributed by atoms with Crippen LogP contribution in [-0.4, -0.2) is 19.1 Å². The summed E-state index contributed by atoms with van der Waals surface area (Å²) in [5, 5.41) is 3.70. The summed E-state index contributed by atoms with van der Waals surface area (Å²) in [6.45, 7) is 4.80. The number of hydrogen-bond donors (Lipinski definition) is 1. The number of anilines is 2. The predicted molar refractivity (Wildman–Crippen MR) is 87.5 cm³/mol.